The summed E-state index contributed by atoms with van der Waals surface area (Å²) in [5.41, 5.74) is 3.33. The monoisotopic (exact) mass is 366 g/mol. The van der Waals surface area contributed by atoms with Gasteiger partial charge < -0.3 is 15.4 Å². The molecule has 0 aliphatic heterocycles. The molecule has 2 aromatic carbocycles. The lowest BCUT2D eigenvalue weighted by Gasteiger charge is -2.09. The van der Waals surface area contributed by atoms with Crippen molar-refractivity contribution in [1.82, 2.24) is 5.32 Å². The Morgan fingerprint density at radius 2 is 1.81 bits per heavy atom. The molecule has 1 fully saturated rings. The number of amides is 2. The summed E-state index contributed by atoms with van der Waals surface area (Å²) in [6.07, 6.45) is 0.940. The number of hydrogen-bond acceptors (Lipinski definition) is 3. The quantitative estimate of drug-likeness (QED) is 0.748. The van der Waals surface area contributed by atoms with Gasteiger partial charge in [-0.05, 0) is 48.6 Å². The third-order valence-electron chi connectivity index (χ3n) is 4.79. The minimum absolute atomic E-state index is 0.0344. The van der Waals surface area contributed by atoms with E-state index in [0.29, 0.717) is 36.9 Å². The van der Waals surface area contributed by atoms with E-state index in [-0.39, 0.29) is 17.7 Å². The molecule has 2 atom stereocenters. The Morgan fingerprint density at radius 3 is 2.48 bits per heavy atom. The lowest BCUT2D eigenvalue weighted by atomic mass is 10.1. The third kappa shape index (κ3) is 5.41. The second-order valence-corrected chi connectivity index (χ2v) is 7.03. The van der Waals surface area contributed by atoms with Crippen molar-refractivity contribution in [2.75, 3.05) is 11.9 Å². The van der Waals surface area contributed by atoms with Crippen molar-refractivity contribution in [3.8, 4) is 0 Å². The van der Waals surface area contributed by atoms with E-state index >= 15 is 0 Å². The van der Waals surface area contributed by atoms with Gasteiger partial charge in [0.25, 0.3) is 5.91 Å². The van der Waals surface area contributed by atoms with E-state index in [9.17, 15) is 9.59 Å². The highest BCUT2D eigenvalue weighted by Gasteiger charge is 2.39. The van der Waals surface area contributed by atoms with Crippen LogP contribution in [-0.4, -0.2) is 18.4 Å². The van der Waals surface area contributed by atoms with Crippen LogP contribution < -0.4 is 10.6 Å². The summed E-state index contributed by atoms with van der Waals surface area (Å²) in [5.74, 6) is 0.432. The van der Waals surface area contributed by atoms with E-state index in [1.54, 1.807) is 24.3 Å². The fourth-order valence-corrected chi connectivity index (χ4v) is 2.92. The Hall–Kier alpha value is -2.66. The summed E-state index contributed by atoms with van der Waals surface area (Å²) < 4.78 is 5.38. The van der Waals surface area contributed by atoms with Gasteiger partial charge in [-0.25, -0.2) is 0 Å². The van der Waals surface area contributed by atoms with E-state index < -0.39 is 0 Å². The number of ether oxygens (including phenoxy) is 1. The first-order valence-corrected chi connectivity index (χ1v) is 9.41. The molecule has 2 aromatic rings. The molecule has 2 N–H and O–H groups in total. The van der Waals surface area contributed by atoms with Crippen molar-refractivity contribution >= 4 is 17.5 Å². The summed E-state index contributed by atoms with van der Waals surface area (Å²) in [4.78, 5) is 24.5. The topological polar surface area (TPSA) is 67.4 Å². The van der Waals surface area contributed by atoms with Gasteiger partial charge in [0.2, 0.25) is 5.91 Å². The van der Waals surface area contributed by atoms with E-state index in [1.807, 2.05) is 31.2 Å². The van der Waals surface area contributed by atoms with Crippen molar-refractivity contribution in [1.29, 1.82) is 0 Å². The van der Waals surface area contributed by atoms with Crippen LogP contribution in [0.15, 0.2) is 48.5 Å². The molecule has 0 spiro atoms. The molecule has 27 heavy (non-hydrogen) atoms. The number of hydrogen-bond donors (Lipinski definition) is 2. The molecule has 5 nitrogen and oxygen atoms in total. The summed E-state index contributed by atoms with van der Waals surface area (Å²) in [7, 11) is 0. The average molecular weight is 366 g/mol. The van der Waals surface area contributed by atoms with Crippen LogP contribution in [0.5, 0.6) is 0 Å². The molecule has 0 aromatic heterocycles. The molecular formula is C22H26N2O3. The van der Waals surface area contributed by atoms with E-state index in [1.165, 1.54) is 0 Å². The molecule has 0 radical (unpaired) electrons. The van der Waals surface area contributed by atoms with Crippen LogP contribution in [0.1, 0.15) is 41.8 Å². The summed E-state index contributed by atoms with van der Waals surface area (Å²) >= 11 is 0. The SMILES string of the molecule is CCOCc1ccc(CNC(=O)c2cccc(NC(=O)[C@H]3C[C@@H]3C)c2)cc1. The first kappa shape index (κ1) is 19.1. The molecule has 1 aliphatic carbocycles. The average Bonchev–Trinajstić information content (AvgIpc) is 3.42. The molecule has 1 aliphatic rings. The molecular weight excluding hydrogens is 340 g/mol. The van der Waals surface area contributed by atoms with Crippen molar-refractivity contribution in [3.63, 3.8) is 0 Å². The Bertz CT molecular complexity index is 801. The predicted molar refractivity (Wildman–Crippen MR) is 105 cm³/mol. The smallest absolute Gasteiger partial charge is 0.251 e. The van der Waals surface area contributed by atoms with Crippen LogP contribution in [0.4, 0.5) is 5.69 Å². The Balaban J connectivity index is 1.53. The van der Waals surface area contributed by atoms with Crippen LogP contribution in [-0.2, 0) is 22.7 Å². The van der Waals surface area contributed by atoms with Gasteiger partial charge in [0.05, 0.1) is 6.61 Å². The molecule has 142 valence electrons. The zero-order chi connectivity index (χ0) is 19.2. The van der Waals surface area contributed by atoms with Gasteiger partial charge in [-0.1, -0.05) is 37.3 Å². The molecule has 0 unspecified atom stereocenters. The van der Waals surface area contributed by atoms with E-state index in [2.05, 4.69) is 17.6 Å². The summed E-state index contributed by atoms with van der Waals surface area (Å²) in [5, 5.41) is 5.81. The van der Waals surface area contributed by atoms with Crippen molar-refractivity contribution in [2.45, 2.75) is 33.4 Å². The Kier molecular flexibility index (Phi) is 6.24. The van der Waals surface area contributed by atoms with Crippen LogP contribution in [0, 0.1) is 11.8 Å². The Labute approximate surface area is 160 Å². The van der Waals surface area contributed by atoms with Crippen molar-refractivity contribution < 1.29 is 14.3 Å². The van der Waals surface area contributed by atoms with Gasteiger partial charge in [0.1, 0.15) is 0 Å². The zero-order valence-electron chi connectivity index (χ0n) is 15.8. The van der Waals surface area contributed by atoms with Crippen LogP contribution in [0.2, 0.25) is 0 Å². The second kappa shape index (κ2) is 8.82. The minimum Gasteiger partial charge on any atom is -0.377 e. The number of carbonyl (C=O) groups is 2. The van der Waals surface area contributed by atoms with Crippen LogP contribution in [0.3, 0.4) is 0 Å². The maximum Gasteiger partial charge on any atom is 0.251 e. The number of rotatable bonds is 8. The van der Waals surface area contributed by atoms with Gasteiger partial charge in [-0.2, -0.15) is 0 Å². The van der Waals surface area contributed by atoms with E-state index in [4.69, 9.17) is 4.74 Å². The predicted octanol–water partition coefficient (Wildman–Crippen LogP) is 3.75. The maximum absolute atomic E-state index is 12.4. The fraction of sp³-hybridized carbons (Fsp3) is 0.364. The van der Waals surface area contributed by atoms with Gasteiger partial charge in [-0.15, -0.1) is 0 Å². The molecule has 0 heterocycles. The molecule has 1 saturated carbocycles. The second-order valence-electron chi connectivity index (χ2n) is 7.03. The lowest BCUT2D eigenvalue weighted by Crippen LogP contribution is -2.23. The van der Waals surface area contributed by atoms with Crippen molar-refractivity contribution in [3.05, 3.63) is 65.2 Å². The molecule has 2 amide bonds. The molecule has 3 rings (SSSR count). The highest BCUT2D eigenvalue weighted by Crippen LogP contribution is 2.38. The first-order chi connectivity index (χ1) is 13.1. The summed E-state index contributed by atoms with van der Waals surface area (Å²) in [6.45, 7) is 5.77. The highest BCUT2D eigenvalue weighted by atomic mass is 16.5. The highest BCUT2D eigenvalue weighted by molar-refractivity contribution is 5.98. The van der Waals surface area contributed by atoms with Gasteiger partial charge in [-0.3, -0.25) is 9.59 Å². The van der Waals surface area contributed by atoms with Crippen LogP contribution >= 0.6 is 0 Å². The van der Waals surface area contributed by atoms with Crippen LogP contribution in [0.25, 0.3) is 0 Å². The third-order valence-corrected chi connectivity index (χ3v) is 4.79. The fourth-order valence-electron chi connectivity index (χ4n) is 2.92. The summed E-state index contributed by atoms with van der Waals surface area (Å²) in [6, 6.07) is 15.0. The van der Waals surface area contributed by atoms with Gasteiger partial charge in [0.15, 0.2) is 0 Å². The number of carbonyl (C=O) groups excluding carboxylic acids is 2. The van der Waals surface area contributed by atoms with E-state index in [0.717, 1.165) is 17.5 Å². The molecule has 0 saturated heterocycles. The Morgan fingerprint density at radius 1 is 1.11 bits per heavy atom. The molecule has 0 bridgehead atoms. The lowest BCUT2D eigenvalue weighted by molar-refractivity contribution is -0.117. The zero-order valence-corrected chi connectivity index (χ0v) is 15.8. The normalized spacial score (nSPS) is 18.0. The maximum atomic E-state index is 12.4. The number of anilines is 1. The van der Waals surface area contributed by atoms with Crippen molar-refractivity contribution in [2.24, 2.45) is 11.8 Å². The molecule has 5 heteroatoms. The minimum atomic E-state index is -0.163. The number of benzene rings is 2. The first-order valence-electron chi connectivity index (χ1n) is 9.41. The standard InChI is InChI=1S/C22H26N2O3/c1-3-27-14-17-9-7-16(8-10-17)13-23-21(25)18-5-4-6-19(12-18)24-22(26)20-11-15(20)2/h4-10,12,15,20H,3,11,13-14H2,1-2H3,(H,23,25)(H,24,26)/t15-,20-/m0/s1. The largest absolute Gasteiger partial charge is 0.377 e. The number of nitrogens with one attached hydrogen (secondary N) is 2. The van der Waals surface area contributed by atoms with Gasteiger partial charge in [0, 0.05) is 30.3 Å². The van der Waals surface area contributed by atoms with Gasteiger partial charge >= 0.3 is 0 Å².